The van der Waals surface area contributed by atoms with Gasteiger partial charge in [0.05, 0.1) is 5.52 Å². The molecule has 5 nitrogen and oxygen atoms in total. The van der Waals surface area contributed by atoms with E-state index < -0.39 is 0 Å². The summed E-state index contributed by atoms with van der Waals surface area (Å²) in [6.45, 7) is 3.33. The van der Waals surface area contributed by atoms with E-state index >= 15 is 0 Å². The van der Waals surface area contributed by atoms with Crippen molar-refractivity contribution in [3.05, 3.63) is 30.0 Å². The molecule has 2 bridgehead atoms. The Kier molecular flexibility index (Phi) is 2.73. The van der Waals surface area contributed by atoms with Crippen LogP contribution >= 0.6 is 0 Å². The van der Waals surface area contributed by atoms with Crippen LogP contribution in [0.4, 0.5) is 0 Å². The Morgan fingerprint density at radius 1 is 1.45 bits per heavy atom. The summed E-state index contributed by atoms with van der Waals surface area (Å²) in [5.74, 6) is 0.551. The van der Waals surface area contributed by atoms with E-state index in [4.69, 9.17) is 0 Å². The van der Waals surface area contributed by atoms with Gasteiger partial charge in [-0.1, -0.05) is 6.07 Å². The monoisotopic (exact) mass is 269 g/mol. The van der Waals surface area contributed by atoms with E-state index in [9.17, 15) is 4.79 Å². The zero-order valence-electron chi connectivity index (χ0n) is 11.2. The normalized spacial score (nSPS) is 28.7. The maximum atomic E-state index is 12.4. The van der Waals surface area contributed by atoms with Crippen molar-refractivity contribution in [2.45, 2.75) is 18.9 Å². The molecule has 1 radical (unpaired) electrons. The van der Waals surface area contributed by atoms with Crippen molar-refractivity contribution in [2.24, 2.45) is 5.92 Å². The molecule has 1 atom stereocenters. The summed E-state index contributed by atoms with van der Waals surface area (Å²) in [7, 11) is 0. The Bertz CT molecular complexity index is 642. The minimum absolute atomic E-state index is 0.0744. The summed E-state index contributed by atoms with van der Waals surface area (Å²) in [5.41, 5.74) is 1.36. The molecule has 20 heavy (non-hydrogen) atoms. The van der Waals surface area contributed by atoms with E-state index in [1.165, 1.54) is 25.9 Å². The molecule has 0 unspecified atom stereocenters. The zero-order chi connectivity index (χ0) is 13.5. The van der Waals surface area contributed by atoms with Crippen LogP contribution in [0, 0.1) is 12.0 Å². The molecule has 0 spiro atoms. The summed E-state index contributed by atoms with van der Waals surface area (Å²) >= 11 is 0. The number of carbonyl (C=O) groups is 1. The third-order valence-electron chi connectivity index (χ3n) is 4.60. The fourth-order valence-corrected chi connectivity index (χ4v) is 3.44. The number of hydrogen-bond acceptors (Lipinski definition) is 3. The van der Waals surface area contributed by atoms with Crippen LogP contribution in [0.2, 0.25) is 0 Å². The largest absolute Gasteiger partial charge is 0.346 e. The van der Waals surface area contributed by atoms with Gasteiger partial charge in [-0.15, -0.1) is 0 Å². The third kappa shape index (κ3) is 1.89. The molecule has 5 rings (SSSR count). The Hall–Kier alpha value is -1.88. The molecule has 5 heteroatoms. The van der Waals surface area contributed by atoms with E-state index in [0.29, 0.717) is 11.6 Å². The van der Waals surface area contributed by atoms with Crippen LogP contribution in [0.25, 0.3) is 10.9 Å². The lowest BCUT2D eigenvalue weighted by Gasteiger charge is -2.44. The van der Waals surface area contributed by atoms with E-state index in [2.05, 4.69) is 26.5 Å². The van der Waals surface area contributed by atoms with Crippen LogP contribution in [0.15, 0.2) is 18.2 Å². The van der Waals surface area contributed by atoms with Crippen molar-refractivity contribution >= 4 is 16.8 Å². The molecule has 3 aliphatic heterocycles. The van der Waals surface area contributed by atoms with Crippen molar-refractivity contribution < 1.29 is 4.79 Å². The molecule has 103 valence electrons. The predicted molar refractivity (Wildman–Crippen MR) is 75.3 cm³/mol. The lowest BCUT2D eigenvalue weighted by molar-refractivity contribution is 0.0618. The van der Waals surface area contributed by atoms with Crippen LogP contribution in [0.3, 0.4) is 0 Å². The first-order valence-corrected chi connectivity index (χ1v) is 7.18. The van der Waals surface area contributed by atoms with Crippen LogP contribution in [-0.4, -0.2) is 46.7 Å². The van der Waals surface area contributed by atoms with E-state index in [1.54, 1.807) is 0 Å². The molecule has 2 N–H and O–H groups in total. The van der Waals surface area contributed by atoms with Crippen LogP contribution in [0.1, 0.15) is 23.3 Å². The predicted octanol–water partition coefficient (Wildman–Crippen LogP) is 1.19. The Labute approximate surface area is 117 Å². The van der Waals surface area contributed by atoms with Crippen molar-refractivity contribution in [2.75, 3.05) is 19.6 Å². The van der Waals surface area contributed by atoms with Crippen LogP contribution < -0.4 is 5.32 Å². The highest BCUT2D eigenvalue weighted by Gasteiger charge is 2.35. The van der Waals surface area contributed by atoms with Gasteiger partial charge in [0, 0.05) is 18.0 Å². The number of fused-ring (bicyclic) bond motifs is 4. The number of rotatable bonds is 2. The molecule has 1 amide bonds. The van der Waals surface area contributed by atoms with Gasteiger partial charge in [0.1, 0.15) is 0 Å². The van der Waals surface area contributed by atoms with Crippen molar-refractivity contribution in [1.82, 2.24) is 20.4 Å². The van der Waals surface area contributed by atoms with Crippen LogP contribution in [0.5, 0.6) is 0 Å². The molecule has 1 aromatic carbocycles. The number of aromatic amines is 1. The first-order chi connectivity index (χ1) is 9.81. The number of amides is 1. The SMILES string of the molecule is O=C(N[C@H]1CN2CCC1CC2)c1n[nH]c2cc[c]cc12. The molecule has 4 heterocycles. The Morgan fingerprint density at radius 2 is 2.30 bits per heavy atom. The number of nitrogens with zero attached hydrogens (tertiary/aromatic N) is 2. The number of H-pyrrole nitrogens is 1. The molecular formula is C15H17N4O. The van der Waals surface area contributed by atoms with Crippen molar-refractivity contribution in [1.29, 1.82) is 0 Å². The number of piperidine rings is 3. The fraction of sp³-hybridized carbons (Fsp3) is 0.467. The van der Waals surface area contributed by atoms with Crippen molar-refractivity contribution in [3.63, 3.8) is 0 Å². The van der Waals surface area contributed by atoms with Gasteiger partial charge in [0.25, 0.3) is 5.91 Å². The smallest absolute Gasteiger partial charge is 0.272 e. The molecule has 3 saturated heterocycles. The highest BCUT2D eigenvalue weighted by molar-refractivity contribution is 6.04. The van der Waals surface area contributed by atoms with Gasteiger partial charge < -0.3 is 10.2 Å². The average molecular weight is 269 g/mol. The van der Waals surface area contributed by atoms with Gasteiger partial charge >= 0.3 is 0 Å². The molecule has 1 aromatic heterocycles. The van der Waals surface area contributed by atoms with Gasteiger partial charge in [-0.05, 0) is 50.0 Å². The number of benzene rings is 1. The van der Waals surface area contributed by atoms with E-state index in [1.807, 2.05) is 18.2 Å². The summed E-state index contributed by atoms with van der Waals surface area (Å²) < 4.78 is 0. The Morgan fingerprint density at radius 3 is 3.05 bits per heavy atom. The second kappa shape index (κ2) is 4.59. The first kappa shape index (κ1) is 11.9. The zero-order valence-corrected chi connectivity index (χ0v) is 11.2. The molecule has 3 aliphatic rings. The molecule has 3 fully saturated rings. The lowest BCUT2D eigenvalue weighted by atomic mass is 9.84. The number of nitrogens with one attached hydrogen (secondary N) is 2. The maximum Gasteiger partial charge on any atom is 0.272 e. The second-order valence-corrected chi connectivity index (χ2v) is 5.76. The van der Waals surface area contributed by atoms with E-state index in [-0.39, 0.29) is 11.9 Å². The number of carbonyl (C=O) groups excluding carboxylic acids is 1. The van der Waals surface area contributed by atoms with E-state index in [0.717, 1.165) is 17.4 Å². The Balaban J connectivity index is 1.56. The van der Waals surface area contributed by atoms with Gasteiger partial charge in [0.15, 0.2) is 5.69 Å². The summed E-state index contributed by atoms with van der Waals surface area (Å²) in [6.07, 6.45) is 2.39. The fourth-order valence-electron chi connectivity index (χ4n) is 3.44. The van der Waals surface area contributed by atoms with Gasteiger partial charge in [-0.3, -0.25) is 9.89 Å². The molecule has 0 aliphatic carbocycles. The van der Waals surface area contributed by atoms with Gasteiger partial charge in [0.2, 0.25) is 0 Å². The summed E-state index contributed by atoms with van der Waals surface area (Å²) in [5, 5.41) is 11.1. The van der Waals surface area contributed by atoms with Crippen molar-refractivity contribution in [3.8, 4) is 0 Å². The lowest BCUT2D eigenvalue weighted by Crippen LogP contribution is -2.57. The average Bonchev–Trinajstić information content (AvgIpc) is 2.92. The van der Waals surface area contributed by atoms with Crippen LogP contribution in [-0.2, 0) is 0 Å². The summed E-state index contributed by atoms with van der Waals surface area (Å²) in [6, 6.07) is 8.77. The quantitative estimate of drug-likeness (QED) is 0.861. The highest BCUT2D eigenvalue weighted by atomic mass is 16.2. The number of hydrogen-bond donors (Lipinski definition) is 2. The minimum Gasteiger partial charge on any atom is -0.346 e. The maximum absolute atomic E-state index is 12.4. The topological polar surface area (TPSA) is 61.0 Å². The molecular weight excluding hydrogens is 252 g/mol. The standard InChI is InChI=1S/C15H17N4O/c20-15(14-11-3-1-2-4-12(11)17-18-14)16-13-9-19-7-5-10(13)6-8-19/h2-4,10,13H,5-9H2,(H,16,20)(H,17,18)/t13-/m0/s1. The third-order valence-corrected chi connectivity index (χ3v) is 4.60. The minimum atomic E-state index is -0.0744. The molecule has 2 aromatic rings. The highest BCUT2D eigenvalue weighted by Crippen LogP contribution is 2.27. The second-order valence-electron chi connectivity index (χ2n) is 5.76. The number of aromatic nitrogens is 2. The summed E-state index contributed by atoms with van der Waals surface area (Å²) in [4.78, 5) is 14.9. The first-order valence-electron chi connectivity index (χ1n) is 7.18. The molecule has 0 saturated carbocycles. The van der Waals surface area contributed by atoms with Gasteiger partial charge in [-0.2, -0.15) is 5.10 Å². The van der Waals surface area contributed by atoms with Gasteiger partial charge in [-0.25, -0.2) is 0 Å².